The van der Waals surface area contributed by atoms with Crippen molar-refractivity contribution in [1.82, 2.24) is 0 Å². The number of ether oxygens (including phenoxy) is 2. The summed E-state index contributed by atoms with van der Waals surface area (Å²) in [4.78, 5) is 11.7. The van der Waals surface area contributed by atoms with Gasteiger partial charge in [-0.05, 0) is 12.3 Å². The maximum Gasteiger partial charge on any atom is 0.234 e. The van der Waals surface area contributed by atoms with Gasteiger partial charge in [0.25, 0.3) is 0 Å². The molecule has 3 heteroatoms. The van der Waals surface area contributed by atoms with E-state index in [1.54, 1.807) is 0 Å². The molecule has 0 saturated heterocycles. The second kappa shape index (κ2) is 2.93. The Morgan fingerprint density at radius 3 is 2.69 bits per heavy atom. The number of hydrogen-bond donors (Lipinski definition) is 0. The molecule has 0 aromatic heterocycles. The highest BCUT2D eigenvalue weighted by Crippen LogP contribution is 2.43. The summed E-state index contributed by atoms with van der Waals surface area (Å²) in [5, 5.41) is 0. The van der Waals surface area contributed by atoms with Crippen molar-refractivity contribution < 1.29 is 14.3 Å². The Bertz CT molecular complexity index is 253. The van der Waals surface area contributed by atoms with E-state index in [2.05, 4.69) is 6.08 Å². The van der Waals surface area contributed by atoms with Gasteiger partial charge < -0.3 is 9.47 Å². The summed E-state index contributed by atoms with van der Waals surface area (Å²) in [7, 11) is 3.07. The highest BCUT2D eigenvalue weighted by atomic mass is 16.7. The zero-order chi connectivity index (χ0) is 9.47. The lowest BCUT2D eigenvalue weighted by Gasteiger charge is -2.37. The number of allylic oxidation sites excluding steroid dienone is 1. The van der Waals surface area contributed by atoms with Crippen molar-refractivity contribution in [3.05, 3.63) is 12.2 Å². The Morgan fingerprint density at radius 2 is 2.08 bits per heavy atom. The molecule has 2 atom stereocenters. The number of carbonyl (C=O) groups excluding carboxylic acids is 1. The van der Waals surface area contributed by atoms with E-state index in [1.165, 1.54) is 14.2 Å². The van der Waals surface area contributed by atoms with Crippen LogP contribution >= 0.6 is 0 Å². The van der Waals surface area contributed by atoms with E-state index in [1.807, 2.05) is 6.08 Å². The minimum absolute atomic E-state index is 0.0729. The van der Waals surface area contributed by atoms with E-state index in [4.69, 9.17) is 9.47 Å². The predicted molar refractivity (Wildman–Crippen MR) is 47.1 cm³/mol. The van der Waals surface area contributed by atoms with Gasteiger partial charge in [0, 0.05) is 26.6 Å². The molecule has 2 aliphatic carbocycles. The lowest BCUT2D eigenvalue weighted by molar-refractivity contribution is -0.229. The fraction of sp³-hybridized carbons (Fsp3) is 0.700. The molecular weight excluding hydrogens is 168 g/mol. The van der Waals surface area contributed by atoms with E-state index < -0.39 is 5.79 Å². The molecule has 0 spiro atoms. The van der Waals surface area contributed by atoms with Crippen LogP contribution in [0.2, 0.25) is 0 Å². The average Bonchev–Trinajstić information content (AvgIpc) is 2.53. The molecule has 0 radical (unpaired) electrons. The van der Waals surface area contributed by atoms with Crippen LogP contribution in [0.25, 0.3) is 0 Å². The SMILES string of the molecule is COC1(OC)C(=O)C[C@@H]2C=C[C@H]1C2. The first-order valence-electron chi connectivity index (χ1n) is 4.55. The number of fused-ring (bicyclic) bond motifs is 2. The third-order valence-corrected chi connectivity index (χ3v) is 3.10. The Morgan fingerprint density at radius 1 is 1.38 bits per heavy atom. The van der Waals surface area contributed by atoms with Gasteiger partial charge in [-0.3, -0.25) is 4.79 Å². The van der Waals surface area contributed by atoms with Gasteiger partial charge in [-0.15, -0.1) is 0 Å². The van der Waals surface area contributed by atoms with Gasteiger partial charge in [0.1, 0.15) is 0 Å². The van der Waals surface area contributed by atoms with Crippen LogP contribution in [-0.4, -0.2) is 25.8 Å². The molecule has 1 saturated carbocycles. The van der Waals surface area contributed by atoms with Crippen molar-refractivity contribution in [2.45, 2.75) is 18.6 Å². The van der Waals surface area contributed by atoms with Crippen LogP contribution in [0.5, 0.6) is 0 Å². The van der Waals surface area contributed by atoms with Crippen LogP contribution in [0.3, 0.4) is 0 Å². The van der Waals surface area contributed by atoms with E-state index >= 15 is 0 Å². The van der Waals surface area contributed by atoms with Gasteiger partial charge in [-0.1, -0.05) is 12.2 Å². The highest BCUT2D eigenvalue weighted by molar-refractivity contribution is 5.88. The van der Waals surface area contributed by atoms with Crippen molar-refractivity contribution in [3.8, 4) is 0 Å². The normalized spacial score (nSPS) is 35.4. The molecule has 0 heterocycles. The van der Waals surface area contributed by atoms with Crippen molar-refractivity contribution in [3.63, 3.8) is 0 Å². The van der Waals surface area contributed by atoms with Crippen molar-refractivity contribution in [1.29, 1.82) is 0 Å². The van der Waals surface area contributed by atoms with E-state index in [0.29, 0.717) is 12.3 Å². The topological polar surface area (TPSA) is 35.5 Å². The maximum atomic E-state index is 11.7. The number of ketones is 1. The third-order valence-electron chi connectivity index (χ3n) is 3.10. The van der Waals surface area contributed by atoms with Crippen molar-refractivity contribution >= 4 is 5.78 Å². The number of Topliss-reactive ketones (excluding diaryl/α,β-unsaturated/α-hetero) is 1. The second-order valence-corrected chi connectivity index (χ2v) is 3.69. The Labute approximate surface area is 77.7 Å². The molecule has 13 heavy (non-hydrogen) atoms. The summed E-state index contributed by atoms with van der Waals surface area (Å²) in [5.74, 6) is -0.405. The summed E-state index contributed by atoms with van der Waals surface area (Å²) in [6.07, 6.45) is 5.67. The Kier molecular flexibility index (Phi) is 2.00. The first-order valence-corrected chi connectivity index (χ1v) is 4.55. The lowest BCUT2D eigenvalue weighted by atomic mass is 9.81. The summed E-state index contributed by atoms with van der Waals surface area (Å²) < 4.78 is 10.5. The van der Waals surface area contributed by atoms with Crippen LogP contribution in [0.15, 0.2) is 12.2 Å². The molecule has 2 bridgehead atoms. The van der Waals surface area contributed by atoms with E-state index in [-0.39, 0.29) is 11.7 Å². The molecule has 72 valence electrons. The first-order chi connectivity index (χ1) is 6.23. The van der Waals surface area contributed by atoms with Gasteiger partial charge in [0.2, 0.25) is 5.79 Å². The van der Waals surface area contributed by atoms with Gasteiger partial charge in [-0.2, -0.15) is 0 Å². The summed E-state index contributed by atoms with van der Waals surface area (Å²) in [6, 6.07) is 0. The summed E-state index contributed by atoms with van der Waals surface area (Å²) in [6.45, 7) is 0. The van der Waals surface area contributed by atoms with Crippen molar-refractivity contribution in [2.75, 3.05) is 14.2 Å². The largest absolute Gasteiger partial charge is 0.347 e. The third kappa shape index (κ3) is 1.07. The van der Waals surface area contributed by atoms with Gasteiger partial charge in [-0.25, -0.2) is 0 Å². The molecule has 0 aromatic carbocycles. The predicted octanol–water partition coefficient (Wildman–Crippen LogP) is 1.14. The van der Waals surface area contributed by atoms with Gasteiger partial charge in [0.05, 0.1) is 0 Å². The minimum atomic E-state index is -0.997. The quantitative estimate of drug-likeness (QED) is 0.474. The van der Waals surface area contributed by atoms with Crippen LogP contribution in [0, 0.1) is 11.8 Å². The molecule has 2 aliphatic rings. The van der Waals surface area contributed by atoms with Crippen LogP contribution in [0.1, 0.15) is 12.8 Å². The standard InChI is InChI=1S/C10H14O3/c1-12-10(13-2)8-4-3-7(5-8)6-9(10)11/h3-4,7-8H,5-6H2,1-2H3/t7-,8+/m1/s1. The Hall–Kier alpha value is -0.670. The average molecular weight is 182 g/mol. The van der Waals surface area contributed by atoms with Crippen molar-refractivity contribution in [2.24, 2.45) is 11.8 Å². The molecule has 3 nitrogen and oxygen atoms in total. The molecular formula is C10H14O3. The minimum Gasteiger partial charge on any atom is -0.347 e. The zero-order valence-electron chi connectivity index (χ0n) is 7.95. The molecule has 0 N–H and O–H groups in total. The lowest BCUT2D eigenvalue weighted by Crippen LogP contribution is -2.51. The molecule has 0 aliphatic heterocycles. The number of methoxy groups -OCH3 is 2. The molecule has 2 rings (SSSR count). The van der Waals surface area contributed by atoms with Crippen LogP contribution in [-0.2, 0) is 14.3 Å². The van der Waals surface area contributed by atoms with Gasteiger partial charge in [0.15, 0.2) is 5.78 Å². The maximum absolute atomic E-state index is 11.7. The number of rotatable bonds is 2. The zero-order valence-corrected chi connectivity index (χ0v) is 7.95. The molecule has 0 aromatic rings. The smallest absolute Gasteiger partial charge is 0.234 e. The fourth-order valence-electron chi connectivity index (χ4n) is 2.41. The molecule has 1 fully saturated rings. The van der Waals surface area contributed by atoms with Crippen LogP contribution in [0.4, 0.5) is 0 Å². The Balaban J connectivity index is 2.33. The molecule has 0 amide bonds. The second-order valence-electron chi connectivity index (χ2n) is 3.69. The number of hydrogen-bond acceptors (Lipinski definition) is 3. The van der Waals surface area contributed by atoms with Crippen LogP contribution < -0.4 is 0 Å². The highest BCUT2D eigenvalue weighted by Gasteiger charge is 2.51. The first kappa shape index (κ1) is 8.91. The number of carbonyl (C=O) groups is 1. The molecule has 0 unspecified atom stereocenters. The van der Waals surface area contributed by atoms with E-state index in [9.17, 15) is 4.79 Å². The summed E-state index contributed by atoms with van der Waals surface area (Å²) in [5.41, 5.74) is 0. The summed E-state index contributed by atoms with van der Waals surface area (Å²) >= 11 is 0. The fourth-order valence-corrected chi connectivity index (χ4v) is 2.41. The van der Waals surface area contributed by atoms with Gasteiger partial charge >= 0.3 is 0 Å². The monoisotopic (exact) mass is 182 g/mol. The van der Waals surface area contributed by atoms with E-state index in [0.717, 1.165) is 6.42 Å².